The Hall–Kier alpha value is -0.710. The molecule has 1 fully saturated rings. The van der Waals surface area contributed by atoms with E-state index in [2.05, 4.69) is 12.2 Å². The van der Waals surface area contributed by atoms with Crippen molar-refractivity contribution in [1.29, 1.82) is 0 Å². The first kappa shape index (κ1) is 15.7. The highest BCUT2D eigenvalue weighted by Crippen LogP contribution is 2.34. The van der Waals surface area contributed by atoms with Crippen molar-refractivity contribution in [1.82, 2.24) is 5.32 Å². The van der Waals surface area contributed by atoms with Gasteiger partial charge in [-0.3, -0.25) is 0 Å². The van der Waals surface area contributed by atoms with E-state index in [-0.39, 0.29) is 23.3 Å². The predicted octanol–water partition coefficient (Wildman–Crippen LogP) is 4.23. The molecule has 1 aliphatic heterocycles. The van der Waals surface area contributed by atoms with Crippen molar-refractivity contribution in [2.45, 2.75) is 51.4 Å². The molecule has 2 rings (SSSR count). The average molecular weight is 304 g/mol. The van der Waals surface area contributed by atoms with Crippen molar-refractivity contribution < 1.29 is 13.5 Å². The van der Waals surface area contributed by atoms with Crippen LogP contribution in [0.2, 0.25) is 5.02 Å². The van der Waals surface area contributed by atoms with Crippen LogP contribution in [0, 0.1) is 11.6 Å². The Kier molecular flexibility index (Phi) is 5.35. The Balaban J connectivity index is 2.28. The van der Waals surface area contributed by atoms with Gasteiger partial charge in [0.1, 0.15) is 0 Å². The van der Waals surface area contributed by atoms with Crippen molar-refractivity contribution in [3.63, 3.8) is 0 Å². The second-order valence-electron chi connectivity index (χ2n) is 5.28. The van der Waals surface area contributed by atoms with Gasteiger partial charge in [0, 0.05) is 5.02 Å². The van der Waals surface area contributed by atoms with Gasteiger partial charge in [0.15, 0.2) is 11.6 Å². The topological polar surface area (TPSA) is 21.3 Å². The lowest BCUT2D eigenvalue weighted by molar-refractivity contribution is 0.0315. The Morgan fingerprint density at radius 2 is 2.05 bits per heavy atom. The normalized spacial score (nSPS) is 24.1. The van der Waals surface area contributed by atoms with Crippen molar-refractivity contribution in [2.75, 3.05) is 6.54 Å². The van der Waals surface area contributed by atoms with Gasteiger partial charge in [0.05, 0.1) is 18.2 Å². The van der Waals surface area contributed by atoms with Gasteiger partial charge < -0.3 is 10.1 Å². The molecule has 112 valence electrons. The van der Waals surface area contributed by atoms with Crippen LogP contribution < -0.4 is 5.32 Å². The molecule has 1 aromatic rings. The highest BCUT2D eigenvalue weighted by Gasteiger charge is 2.32. The molecule has 0 amide bonds. The third kappa shape index (κ3) is 3.48. The Morgan fingerprint density at radius 3 is 2.65 bits per heavy atom. The van der Waals surface area contributed by atoms with E-state index in [1.807, 2.05) is 6.92 Å². The van der Waals surface area contributed by atoms with Crippen LogP contribution in [-0.4, -0.2) is 18.8 Å². The molecule has 0 saturated carbocycles. The number of hydrogen-bond donors (Lipinski definition) is 1. The van der Waals surface area contributed by atoms with Crippen molar-refractivity contribution >= 4 is 11.6 Å². The van der Waals surface area contributed by atoms with Crippen LogP contribution in [-0.2, 0) is 4.74 Å². The molecular formula is C15H20ClF2NO. The molecule has 1 aliphatic rings. The number of hydrogen-bond acceptors (Lipinski definition) is 2. The average Bonchev–Trinajstić information content (AvgIpc) is 2.82. The van der Waals surface area contributed by atoms with E-state index in [1.165, 1.54) is 6.07 Å². The van der Waals surface area contributed by atoms with Crippen molar-refractivity contribution in [2.24, 2.45) is 0 Å². The van der Waals surface area contributed by atoms with Crippen LogP contribution in [0.3, 0.4) is 0 Å². The molecule has 3 unspecified atom stereocenters. The van der Waals surface area contributed by atoms with Gasteiger partial charge in [-0.05, 0) is 50.4 Å². The summed E-state index contributed by atoms with van der Waals surface area (Å²) >= 11 is 6.09. The Labute approximate surface area is 123 Å². The third-order valence-electron chi connectivity index (χ3n) is 3.63. The lowest BCUT2D eigenvalue weighted by Crippen LogP contribution is -2.33. The van der Waals surface area contributed by atoms with Crippen molar-refractivity contribution in [3.8, 4) is 0 Å². The summed E-state index contributed by atoms with van der Waals surface area (Å²) in [4.78, 5) is 0. The maximum Gasteiger partial charge on any atom is 0.160 e. The van der Waals surface area contributed by atoms with Crippen LogP contribution in [0.5, 0.6) is 0 Å². The van der Waals surface area contributed by atoms with E-state index in [1.54, 1.807) is 0 Å². The maximum absolute atomic E-state index is 13.5. The van der Waals surface area contributed by atoms with E-state index in [9.17, 15) is 8.78 Å². The first-order chi connectivity index (χ1) is 9.52. The fourth-order valence-electron chi connectivity index (χ4n) is 2.60. The second kappa shape index (κ2) is 6.83. The SMILES string of the molecule is CCCNC(c1cc(F)c(F)cc1Cl)C1CCC(C)O1. The Bertz CT molecular complexity index is 469. The standard InChI is InChI=1S/C15H20ClF2NO/c1-3-6-19-15(14-5-4-9(2)20-14)10-7-12(17)13(18)8-11(10)16/h7-9,14-15,19H,3-6H2,1-2H3. The van der Waals surface area contributed by atoms with E-state index in [0.717, 1.165) is 31.9 Å². The van der Waals surface area contributed by atoms with E-state index >= 15 is 0 Å². The van der Waals surface area contributed by atoms with Crippen LogP contribution >= 0.6 is 11.6 Å². The molecule has 0 bridgehead atoms. The summed E-state index contributed by atoms with van der Waals surface area (Å²) < 4.78 is 32.6. The number of rotatable bonds is 5. The molecule has 0 aliphatic carbocycles. The summed E-state index contributed by atoms with van der Waals surface area (Å²) in [7, 11) is 0. The van der Waals surface area contributed by atoms with E-state index in [0.29, 0.717) is 5.56 Å². The summed E-state index contributed by atoms with van der Waals surface area (Å²) in [5.41, 5.74) is 0.568. The second-order valence-corrected chi connectivity index (χ2v) is 5.69. The summed E-state index contributed by atoms with van der Waals surface area (Å²) in [6.45, 7) is 4.84. The monoisotopic (exact) mass is 303 g/mol. The van der Waals surface area contributed by atoms with Gasteiger partial charge in [0.2, 0.25) is 0 Å². The lowest BCUT2D eigenvalue weighted by Gasteiger charge is -2.26. The first-order valence-corrected chi connectivity index (χ1v) is 7.44. The fraction of sp³-hybridized carbons (Fsp3) is 0.600. The zero-order valence-corrected chi connectivity index (χ0v) is 12.5. The van der Waals surface area contributed by atoms with Gasteiger partial charge in [-0.2, -0.15) is 0 Å². The molecule has 1 aromatic carbocycles. The van der Waals surface area contributed by atoms with Gasteiger partial charge >= 0.3 is 0 Å². The summed E-state index contributed by atoms with van der Waals surface area (Å²) in [5, 5.41) is 3.57. The summed E-state index contributed by atoms with van der Waals surface area (Å²) in [6, 6.07) is 2.00. The number of nitrogens with one attached hydrogen (secondary N) is 1. The lowest BCUT2D eigenvalue weighted by atomic mass is 9.98. The van der Waals surface area contributed by atoms with Crippen LogP contribution in [0.25, 0.3) is 0 Å². The highest BCUT2D eigenvalue weighted by molar-refractivity contribution is 6.31. The molecule has 1 heterocycles. The molecule has 3 atom stereocenters. The van der Waals surface area contributed by atoms with Crippen LogP contribution in [0.1, 0.15) is 44.7 Å². The first-order valence-electron chi connectivity index (χ1n) is 7.06. The molecule has 5 heteroatoms. The van der Waals surface area contributed by atoms with E-state index < -0.39 is 11.6 Å². The largest absolute Gasteiger partial charge is 0.373 e. The van der Waals surface area contributed by atoms with E-state index in [4.69, 9.17) is 16.3 Å². The molecule has 1 N–H and O–H groups in total. The van der Waals surface area contributed by atoms with Gasteiger partial charge in [-0.25, -0.2) is 8.78 Å². The molecule has 0 radical (unpaired) electrons. The quantitative estimate of drug-likeness (QED) is 0.822. The third-order valence-corrected chi connectivity index (χ3v) is 3.95. The smallest absolute Gasteiger partial charge is 0.160 e. The minimum atomic E-state index is -0.923. The number of benzene rings is 1. The molecule has 0 aromatic heterocycles. The van der Waals surface area contributed by atoms with Gasteiger partial charge in [-0.1, -0.05) is 18.5 Å². The van der Waals surface area contributed by atoms with Gasteiger partial charge in [0.25, 0.3) is 0 Å². The molecule has 2 nitrogen and oxygen atoms in total. The van der Waals surface area contributed by atoms with Crippen LogP contribution in [0.4, 0.5) is 8.78 Å². The number of ether oxygens (including phenoxy) is 1. The summed E-state index contributed by atoms with van der Waals surface area (Å²) in [6.07, 6.45) is 2.93. The van der Waals surface area contributed by atoms with Gasteiger partial charge in [-0.15, -0.1) is 0 Å². The zero-order valence-electron chi connectivity index (χ0n) is 11.8. The molecule has 20 heavy (non-hydrogen) atoms. The zero-order chi connectivity index (χ0) is 14.7. The minimum Gasteiger partial charge on any atom is -0.373 e. The van der Waals surface area contributed by atoms with Crippen LogP contribution in [0.15, 0.2) is 12.1 Å². The summed E-state index contributed by atoms with van der Waals surface area (Å²) in [5.74, 6) is -1.80. The Morgan fingerprint density at radius 1 is 1.35 bits per heavy atom. The molecular weight excluding hydrogens is 284 g/mol. The predicted molar refractivity (Wildman–Crippen MR) is 76.0 cm³/mol. The maximum atomic E-state index is 13.5. The molecule has 1 saturated heterocycles. The highest BCUT2D eigenvalue weighted by atomic mass is 35.5. The minimum absolute atomic E-state index is 0.0566. The van der Waals surface area contributed by atoms with Crippen molar-refractivity contribution in [3.05, 3.63) is 34.4 Å². The number of halogens is 3. The molecule has 0 spiro atoms. The fourth-order valence-corrected chi connectivity index (χ4v) is 2.86.